The molecule has 0 aromatic heterocycles. The van der Waals surface area contributed by atoms with E-state index in [1.165, 1.54) is 12.1 Å². The molecule has 0 aliphatic rings. The van der Waals surface area contributed by atoms with Crippen molar-refractivity contribution in [2.75, 3.05) is 5.32 Å². The highest BCUT2D eigenvalue weighted by molar-refractivity contribution is 9.10. The first-order chi connectivity index (χ1) is 9.47. The van der Waals surface area contributed by atoms with Gasteiger partial charge >= 0.3 is 0 Å². The van der Waals surface area contributed by atoms with E-state index in [1.54, 1.807) is 12.1 Å². The topological polar surface area (TPSA) is 55.2 Å². The number of non-ortho nitro benzene ring substituents is 1. The molecule has 0 saturated heterocycles. The molecule has 20 heavy (non-hydrogen) atoms. The molecule has 0 amide bonds. The van der Waals surface area contributed by atoms with Crippen LogP contribution in [0.1, 0.15) is 18.5 Å². The number of hydrogen-bond donors (Lipinski definition) is 1. The summed E-state index contributed by atoms with van der Waals surface area (Å²) < 4.78 is 0.911. The predicted molar refractivity (Wildman–Crippen MR) is 84.3 cm³/mol. The van der Waals surface area contributed by atoms with Crippen LogP contribution < -0.4 is 5.32 Å². The third-order valence-electron chi connectivity index (χ3n) is 2.87. The van der Waals surface area contributed by atoms with Gasteiger partial charge < -0.3 is 5.32 Å². The molecule has 2 aromatic carbocycles. The van der Waals surface area contributed by atoms with Crippen LogP contribution in [0.25, 0.3) is 0 Å². The second-order valence-corrected chi connectivity index (χ2v) is 5.66. The third kappa shape index (κ3) is 3.49. The molecule has 0 saturated carbocycles. The number of rotatable bonds is 4. The molecule has 0 aliphatic heterocycles. The highest BCUT2D eigenvalue weighted by Gasteiger charge is 2.12. The summed E-state index contributed by atoms with van der Waals surface area (Å²) in [6.07, 6.45) is 0. The Kier molecular flexibility index (Phi) is 4.62. The number of hydrogen-bond acceptors (Lipinski definition) is 3. The van der Waals surface area contributed by atoms with Gasteiger partial charge in [0.25, 0.3) is 5.69 Å². The van der Waals surface area contributed by atoms with Gasteiger partial charge in [0.2, 0.25) is 0 Å². The summed E-state index contributed by atoms with van der Waals surface area (Å²) in [5.41, 5.74) is 1.68. The molecule has 0 spiro atoms. The van der Waals surface area contributed by atoms with Crippen molar-refractivity contribution in [1.29, 1.82) is 0 Å². The molecule has 1 atom stereocenters. The van der Waals surface area contributed by atoms with E-state index in [2.05, 4.69) is 21.2 Å². The van der Waals surface area contributed by atoms with Crippen LogP contribution >= 0.6 is 27.5 Å². The Morgan fingerprint density at radius 1 is 1.30 bits per heavy atom. The van der Waals surface area contributed by atoms with Crippen molar-refractivity contribution in [3.8, 4) is 0 Å². The van der Waals surface area contributed by atoms with Gasteiger partial charge in [-0.1, -0.05) is 39.7 Å². The quantitative estimate of drug-likeness (QED) is 0.607. The van der Waals surface area contributed by atoms with Crippen molar-refractivity contribution in [3.63, 3.8) is 0 Å². The van der Waals surface area contributed by atoms with Gasteiger partial charge in [-0.25, -0.2) is 0 Å². The number of anilines is 1. The molecule has 0 aliphatic carbocycles. The Morgan fingerprint density at radius 2 is 2.05 bits per heavy atom. The summed E-state index contributed by atoms with van der Waals surface area (Å²) in [6, 6.07) is 12.0. The van der Waals surface area contributed by atoms with Crippen LogP contribution in [0.2, 0.25) is 5.02 Å². The van der Waals surface area contributed by atoms with Gasteiger partial charge in [-0.3, -0.25) is 10.1 Å². The lowest BCUT2D eigenvalue weighted by Gasteiger charge is -2.17. The molecule has 6 heteroatoms. The lowest BCUT2D eigenvalue weighted by molar-refractivity contribution is -0.384. The smallest absolute Gasteiger partial charge is 0.271 e. The monoisotopic (exact) mass is 354 g/mol. The van der Waals surface area contributed by atoms with Gasteiger partial charge in [-0.05, 0) is 30.7 Å². The molecule has 1 unspecified atom stereocenters. The van der Waals surface area contributed by atoms with Crippen molar-refractivity contribution in [2.24, 2.45) is 0 Å². The SMILES string of the molecule is CC(Nc1cccc([N+](=O)[O-])c1)c1ccc(Br)cc1Cl. The van der Waals surface area contributed by atoms with Crippen LogP contribution in [-0.2, 0) is 0 Å². The van der Waals surface area contributed by atoms with E-state index in [-0.39, 0.29) is 11.7 Å². The highest BCUT2D eigenvalue weighted by atomic mass is 79.9. The van der Waals surface area contributed by atoms with Crippen LogP contribution in [-0.4, -0.2) is 4.92 Å². The largest absolute Gasteiger partial charge is 0.378 e. The summed E-state index contributed by atoms with van der Waals surface area (Å²) in [5, 5.41) is 14.6. The van der Waals surface area contributed by atoms with Gasteiger partial charge in [0.15, 0.2) is 0 Å². The third-order valence-corrected chi connectivity index (χ3v) is 3.69. The van der Waals surface area contributed by atoms with Gasteiger partial charge in [-0.2, -0.15) is 0 Å². The average Bonchev–Trinajstić information content (AvgIpc) is 2.38. The van der Waals surface area contributed by atoms with Crippen LogP contribution in [0.5, 0.6) is 0 Å². The lowest BCUT2D eigenvalue weighted by atomic mass is 10.1. The summed E-state index contributed by atoms with van der Waals surface area (Å²) in [7, 11) is 0. The zero-order valence-corrected chi connectivity index (χ0v) is 13.0. The second-order valence-electron chi connectivity index (χ2n) is 4.34. The van der Waals surface area contributed by atoms with Crippen molar-refractivity contribution < 1.29 is 4.92 Å². The molecule has 0 radical (unpaired) electrons. The van der Waals surface area contributed by atoms with Crippen LogP contribution in [0.15, 0.2) is 46.9 Å². The van der Waals surface area contributed by atoms with E-state index < -0.39 is 4.92 Å². The Morgan fingerprint density at radius 3 is 2.70 bits per heavy atom. The van der Waals surface area contributed by atoms with E-state index >= 15 is 0 Å². The fourth-order valence-corrected chi connectivity index (χ4v) is 2.73. The van der Waals surface area contributed by atoms with E-state index in [0.29, 0.717) is 10.7 Å². The average molecular weight is 356 g/mol. The number of nitro groups is 1. The fourth-order valence-electron chi connectivity index (χ4n) is 1.89. The first-order valence-electron chi connectivity index (χ1n) is 5.93. The van der Waals surface area contributed by atoms with Gasteiger partial charge in [0.1, 0.15) is 0 Å². The van der Waals surface area contributed by atoms with E-state index in [0.717, 1.165) is 10.0 Å². The Balaban J connectivity index is 2.21. The maximum absolute atomic E-state index is 10.8. The number of benzene rings is 2. The minimum absolute atomic E-state index is 0.0578. The zero-order chi connectivity index (χ0) is 14.7. The number of nitro benzene ring substituents is 1. The van der Waals surface area contributed by atoms with E-state index in [4.69, 9.17) is 11.6 Å². The Bertz CT molecular complexity index is 649. The molecule has 104 valence electrons. The van der Waals surface area contributed by atoms with Crippen molar-refractivity contribution in [1.82, 2.24) is 0 Å². The summed E-state index contributed by atoms with van der Waals surface area (Å²) >= 11 is 9.55. The van der Waals surface area contributed by atoms with Crippen LogP contribution in [0.3, 0.4) is 0 Å². The number of nitrogens with one attached hydrogen (secondary N) is 1. The molecule has 1 N–H and O–H groups in total. The Labute approximate surface area is 130 Å². The minimum atomic E-state index is -0.414. The van der Waals surface area contributed by atoms with Gasteiger partial charge in [-0.15, -0.1) is 0 Å². The van der Waals surface area contributed by atoms with Crippen LogP contribution in [0.4, 0.5) is 11.4 Å². The van der Waals surface area contributed by atoms with Crippen molar-refractivity contribution >= 4 is 38.9 Å². The number of nitrogens with zero attached hydrogens (tertiary/aromatic N) is 1. The molecule has 0 heterocycles. The molecule has 4 nitrogen and oxygen atoms in total. The maximum atomic E-state index is 10.8. The lowest BCUT2D eigenvalue weighted by Crippen LogP contribution is -2.07. The van der Waals surface area contributed by atoms with Crippen molar-refractivity contribution in [2.45, 2.75) is 13.0 Å². The normalized spacial score (nSPS) is 11.9. The maximum Gasteiger partial charge on any atom is 0.271 e. The summed E-state index contributed by atoms with van der Waals surface area (Å²) in [4.78, 5) is 10.3. The molecule has 2 aromatic rings. The molecular weight excluding hydrogens is 344 g/mol. The summed E-state index contributed by atoms with van der Waals surface area (Å²) in [5.74, 6) is 0. The second kappa shape index (κ2) is 6.24. The van der Waals surface area contributed by atoms with E-state index in [1.807, 2.05) is 25.1 Å². The molecular formula is C14H12BrClN2O2. The molecule has 2 rings (SSSR count). The van der Waals surface area contributed by atoms with Crippen LogP contribution in [0, 0.1) is 10.1 Å². The van der Waals surface area contributed by atoms with Crippen molar-refractivity contribution in [3.05, 3.63) is 67.6 Å². The highest BCUT2D eigenvalue weighted by Crippen LogP contribution is 2.29. The molecule has 0 fully saturated rings. The fraction of sp³-hybridized carbons (Fsp3) is 0.143. The molecule has 0 bridgehead atoms. The predicted octanol–water partition coefficient (Wildman–Crippen LogP) is 5.18. The summed E-state index contributed by atoms with van der Waals surface area (Å²) in [6.45, 7) is 1.95. The van der Waals surface area contributed by atoms with Gasteiger partial charge in [0, 0.05) is 33.4 Å². The first-order valence-corrected chi connectivity index (χ1v) is 7.10. The van der Waals surface area contributed by atoms with E-state index in [9.17, 15) is 10.1 Å². The minimum Gasteiger partial charge on any atom is -0.378 e. The standard InChI is InChI=1S/C14H12BrClN2O2/c1-9(13-6-5-10(15)7-14(13)16)17-11-3-2-4-12(8-11)18(19)20/h2-9,17H,1H3. The number of halogens is 2. The first kappa shape index (κ1) is 14.8. The Hall–Kier alpha value is -1.59. The zero-order valence-electron chi connectivity index (χ0n) is 10.6. The van der Waals surface area contributed by atoms with Gasteiger partial charge in [0.05, 0.1) is 4.92 Å².